The third kappa shape index (κ3) is 6.33. The van der Waals surface area contributed by atoms with Gasteiger partial charge in [0.1, 0.15) is 11.5 Å². The summed E-state index contributed by atoms with van der Waals surface area (Å²) in [6.07, 6.45) is -0.720. The van der Waals surface area contributed by atoms with Crippen LogP contribution in [0.3, 0.4) is 0 Å². The first-order valence-electron chi connectivity index (χ1n) is 8.77. The van der Waals surface area contributed by atoms with Crippen LogP contribution in [0.4, 0.5) is 5.69 Å². The maximum atomic E-state index is 12.3. The van der Waals surface area contributed by atoms with Crippen molar-refractivity contribution in [2.45, 2.75) is 26.9 Å². The summed E-state index contributed by atoms with van der Waals surface area (Å²) < 4.78 is 15.8. The van der Waals surface area contributed by atoms with Gasteiger partial charge in [-0.3, -0.25) is 4.79 Å². The average Bonchev–Trinajstić information content (AvgIpc) is 2.67. The van der Waals surface area contributed by atoms with Gasteiger partial charge in [0.05, 0.1) is 13.7 Å². The highest BCUT2D eigenvalue weighted by molar-refractivity contribution is 6.04. The molecule has 27 heavy (non-hydrogen) atoms. The standard InChI is InChI=1S/C21H25NO5/c1-14(2)13-26-21(24)15(3)27-19-9-5-16(6-10-19)20(23)22-17-7-11-18(25-4)12-8-17/h5-12,14-15H,13H2,1-4H3,(H,22,23)/t15-/m1/s1. The number of benzene rings is 2. The van der Waals surface area contributed by atoms with Crippen LogP contribution < -0.4 is 14.8 Å². The Kier molecular flexibility index (Phi) is 7.23. The Morgan fingerprint density at radius 2 is 1.52 bits per heavy atom. The van der Waals surface area contributed by atoms with E-state index in [0.717, 1.165) is 5.75 Å². The Morgan fingerprint density at radius 1 is 0.926 bits per heavy atom. The van der Waals surface area contributed by atoms with Crippen molar-refractivity contribution in [2.24, 2.45) is 5.92 Å². The van der Waals surface area contributed by atoms with E-state index in [-0.39, 0.29) is 11.8 Å². The zero-order valence-corrected chi connectivity index (χ0v) is 16.0. The van der Waals surface area contributed by atoms with Crippen LogP contribution >= 0.6 is 0 Å². The molecule has 6 nitrogen and oxygen atoms in total. The second-order valence-electron chi connectivity index (χ2n) is 6.49. The molecule has 2 rings (SSSR count). The minimum absolute atomic E-state index is 0.240. The Labute approximate surface area is 159 Å². The summed E-state index contributed by atoms with van der Waals surface area (Å²) in [5.74, 6) is 0.825. The van der Waals surface area contributed by atoms with E-state index in [0.29, 0.717) is 23.6 Å². The first-order valence-corrected chi connectivity index (χ1v) is 8.77. The van der Waals surface area contributed by atoms with Gasteiger partial charge in [0.2, 0.25) is 0 Å². The largest absolute Gasteiger partial charge is 0.497 e. The quantitative estimate of drug-likeness (QED) is 0.712. The van der Waals surface area contributed by atoms with Gasteiger partial charge in [0.25, 0.3) is 5.91 Å². The summed E-state index contributed by atoms with van der Waals surface area (Å²) in [7, 11) is 1.59. The second kappa shape index (κ2) is 9.62. The van der Waals surface area contributed by atoms with Gasteiger partial charge in [0.15, 0.2) is 6.10 Å². The number of hydrogen-bond acceptors (Lipinski definition) is 5. The highest BCUT2D eigenvalue weighted by atomic mass is 16.6. The number of anilines is 1. The molecule has 0 aliphatic rings. The molecule has 144 valence electrons. The number of ether oxygens (including phenoxy) is 3. The predicted octanol–water partition coefficient (Wildman–Crippen LogP) is 3.91. The molecule has 0 saturated heterocycles. The SMILES string of the molecule is COc1ccc(NC(=O)c2ccc(O[C@H](C)C(=O)OCC(C)C)cc2)cc1. The molecule has 0 saturated carbocycles. The number of amides is 1. The Hall–Kier alpha value is -3.02. The molecule has 0 radical (unpaired) electrons. The van der Waals surface area contributed by atoms with Crippen molar-refractivity contribution in [3.63, 3.8) is 0 Å². The monoisotopic (exact) mass is 371 g/mol. The van der Waals surface area contributed by atoms with Crippen LogP contribution in [-0.4, -0.2) is 31.7 Å². The summed E-state index contributed by atoms with van der Waals surface area (Å²) in [5, 5.41) is 2.81. The molecule has 1 atom stereocenters. The summed E-state index contributed by atoms with van der Waals surface area (Å²) in [6, 6.07) is 13.6. The van der Waals surface area contributed by atoms with Crippen LogP contribution in [0.1, 0.15) is 31.1 Å². The summed E-state index contributed by atoms with van der Waals surface area (Å²) in [5.41, 5.74) is 1.15. The molecule has 0 fully saturated rings. The fraction of sp³-hybridized carbons (Fsp3) is 0.333. The highest BCUT2D eigenvalue weighted by Gasteiger charge is 2.17. The molecule has 0 aliphatic carbocycles. The topological polar surface area (TPSA) is 73.9 Å². The number of carbonyl (C=O) groups is 2. The summed E-state index contributed by atoms with van der Waals surface area (Å²) >= 11 is 0. The van der Waals surface area contributed by atoms with Crippen molar-refractivity contribution < 1.29 is 23.8 Å². The number of carbonyl (C=O) groups excluding carboxylic acids is 2. The van der Waals surface area contributed by atoms with Crippen molar-refractivity contribution in [1.82, 2.24) is 0 Å². The van der Waals surface area contributed by atoms with Gasteiger partial charge in [-0.1, -0.05) is 13.8 Å². The molecule has 0 aromatic heterocycles. The zero-order chi connectivity index (χ0) is 19.8. The lowest BCUT2D eigenvalue weighted by atomic mass is 10.2. The molecule has 0 spiro atoms. The van der Waals surface area contributed by atoms with Gasteiger partial charge in [0, 0.05) is 11.3 Å². The molecular weight excluding hydrogens is 346 g/mol. The van der Waals surface area contributed by atoms with E-state index in [1.165, 1.54) is 0 Å². The van der Waals surface area contributed by atoms with E-state index in [1.807, 2.05) is 13.8 Å². The van der Waals surface area contributed by atoms with Gasteiger partial charge in [-0.2, -0.15) is 0 Å². The smallest absolute Gasteiger partial charge is 0.347 e. The van der Waals surface area contributed by atoms with Crippen LogP contribution in [-0.2, 0) is 9.53 Å². The number of rotatable bonds is 8. The molecule has 0 bridgehead atoms. The van der Waals surface area contributed by atoms with Gasteiger partial charge in [-0.15, -0.1) is 0 Å². The normalized spacial score (nSPS) is 11.6. The first kappa shape index (κ1) is 20.3. The summed E-state index contributed by atoms with van der Waals surface area (Å²) in [6.45, 7) is 5.92. The van der Waals surface area contributed by atoms with E-state index < -0.39 is 12.1 Å². The lowest BCUT2D eigenvalue weighted by molar-refractivity contribution is -0.152. The maximum Gasteiger partial charge on any atom is 0.347 e. The number of esters is 1. The Morgan fingerprint density at radius 3 is 2.07 bits per heavy atom. The average molecular weight is 371 g/mol. The maximum absolute atomic E-state index is 12.3. The predicted molar refractivity (Wildman–Crippen MR) is 103 cm³/mol. The molecule has 0 unspecified atom stereocenters. The van der Waals surface area contributed by atoms with E-state index >= 15 is 0 Å². The molecule has 0 heterocycles. The first-order chi connectivity index (χ1) is 12.9. The lowest BCUT2D eigenvalue weighted by Crippen LogP contribution is -2.27. The van der Waals surface area contributed by atoms with E-state index in [9.17, 15) is 9.59 Å². The van der Waals surface area contributed by atoms with Gasteiger partial charge in [-0.05, 0) is 61.4 Å². The third-order valence-corrected chi connectivity index (χ3v) is 3.67. The van der Waals surface area contributed by atoms with Crippen LogP contribution in [0, 0.1) is 5.92 Å². The lowest BCUT2D eigenvalue weighted by Gasteiger charge is -2.15. The van der Waals surface area contributed by atoms with Crippen molar-refractivity contribution >= 4 is 17.6 Å². The molecule has 1 N–H and O–H groups in total. The van der Waals surface area contributed by atoms with E-state index in [4.69, 9.17) is 14.2 Å². The fourth-order valence-electron chi connectivity index (χ4n) is 2.18. The molecule has 0 aliphatic heterocycles. The fourth-order valence-corrected chi connectivity index (χ4v) is 2.18. The molecule has 1 amide bonds. The number of nitrogens with one attached hydrogen (secondary N) is 1. The van der Waals surface area contributed by atoms with Crippen molar-refractivity contribution in [3.8, 4) is 11.5 Å². The van der Waals surface area contributed by atoms with Crippen LogP contribution in [0.25, 0.3) is 0 Å². The van der Waals surface area contributed by atoms with Crippen LogP contribution in [0.5, 0.6) is 11.5 Å². The van der Waals surface area contributed by atoms with Gasteiger partial charge >= 0.3 is 5.97 Å². The molecule has 2 aromatic carbocycles. The highest BCUT2D eigenvalue weighted by Crippen LogP contribution is 2.18. The Bertz CT molecular complexity index is 753. The third-order valence-electron chi connectivity index (χ3n) is 3.67. The van der Waals surface area contributed by atoms with Gasteiger partial charge < -0.3 is 19.5 Å². The minimum Gasteiger partial charge on any atom is -0.497 e. The Balaban J connectivity index is 1.91. The van der Waals surface area contributed by atoms with Crippen molar-refractivity contribution in [3.05, 3.63) is 54.1 Å². The van der Waals surface area contributed by atoms with Crippen molar-refractivity contribution in [1.29, 1.82) is 0 Å². The minimum atomic E-state index is -0.720. The van der Waals surface area contributed by atoms with E-state index in [2.05, 4.69) is 5.32 Å². The van der Waals surface area contributed by atoms with Crippen molar-refractivity contribution in [2.75, 3.05) is 19.0 Å². The zero-order valence-electron chi connectivity index (χ0n) is 16.0. The second-order valence-corrected chi connectivity index (χ2v) is 6.49. The number of methoxy groups -OCH3 is 1. The summed E-state index contributed by atoms with van der Waals surface area (Å²) in [4.78, 5) is 24.2. The van der Waals surface area contributed by atoms with E-state index in [1.54, 1.807) is 62.6 Å². The van der Waals surface area contributed by atoms with Crippen LogP contribution in [0.15, 0.2) is 48.5 Å². The van der Waals surface area contributed by atoms with Gasteiger partial charge in [-0.25, -0.2) is 4.79 Å². The van der Waals surface area contributed by atoms with Crippen LogP contribution in [0.2, 0.25) is 0 Å². The number of hydrogen-bond donors (Lipinski definition) is 1. The molecule has 2 aromatic rings. The molecule has 6 heteroatoms. The molecular formula is C21H25NO5.